The van der Waals surface area contributed by atoms with E-state index in [2.05, 4.69) is 54.2 Å². The summed E-state index contributed by atoms with van der Waals surface area (Å²) in [5, 5.41) is 3.01. The number of hydrogen-bond acceptors (Lipinski definition) is 2. The van der Waals surface area contributed by atoms with Gasteiger partial charge in [-0.05, 0) is 70.4 Å². The molecule has 0 aliphatic heterocycles. The van der Waals surface area contributed by atoms with Crippen LogP contribution in [0.5, 0.6) is 5.75 Å². The molecule has 2 aromatic carbocycles. The highest BCUT2D eigenvalue weighted by Crippen LogP contribution is 2.31. The Hall–Kier alpha value is -1.81. The minimum Gasteiger partial charge on any atom is -0.492 e. The molecule has 0 aromatic heterocycles. The van der Waals surface area contributed by atoms with Crippen LogP contribution in [0.1, 0.15) is 50.3 Å². The molecule has 0 unspecified atom stereocenters. The minimum absolute atomic E-state index is 0.0214. The summed E-state index contributed by atoms with van der Waals surface area (Å²) >= 11 is 3.58. The molecule has 1 amide bonds. The number of para-hydroxylation sites is 1. The lowest BCUT2D eigenvalue weighted by Gasteiger charge is -2.20. The molecular formula is C22H28BrNO2. The number of amides is 1. The Balaban J connectivity index is 1.83. The number of anilines is 1. The molecule has 0 heterocycles. The summed E-state index contributed by atoms with van der Waals surface area (Å²) in [6.45, 7) is 11.1. The van der Waals surface area contributed by atoms with Gasteiger partial charge in [-0.15, -0.1) is 0 Å². The molecule has 0 saturated carbocycles. The monoisotopic (exact) mass is 417 g/mol. The molecule has 3 nitrogen and oxygen atoms in total. The van der Waals surface area contributed by atoms with E-state index in [0.717, 1.165) is 27.0 Å². The number of aryl methyl sites for hydroxylation is 2. The van der Waals surface area contributed by atoms with E-state index >= 15 is 0 Å². The largest absolute Gasteiger partial charge is 0.492 e. The average Bonchev–Trinajstić information content (AvgIpc) is 2.55. The molecule has 0 radical (unpaired) electrons. The zero-order valence-corrected chi connectivity index (χ0v) is 17.9. The van der Waals surface area contributed by atoms with Gasteiger partial charge < -0.3 is 10.1 Å². The molecule has 0 saturated heterocycles. The molecule has 0 bridgehead atoms. The van der Waals surface area contributed by atoms with E-state index in [-0.39, 0.29) is 11.3 Å². The zero-order chi connectivity index (χ0) is 19.3. The zero-order valence-electron chi connectivity index (χ0n) is 16.3. The third kappa shape index (κ3) is 5.60. The summed E-state index contributed by atoms with van der Waals surface area (Å²) < 4.78 is 6.77. The quantitative estimate of drug-likeness (QED) is 0.571. The van der Waals surface area contributed by atoms with Crippen molar-refractivity contribution in [3.63, 3.8) is 0 Å². The van der Waals surface area contributed by atoms with Gasteiger partial charge in [0, 0.05) is 12.1 Å². The highest BCUT2D eigenvalue weighted by atomic mass is 79.9. The lowest BCUT2D eigenvalue weighted by Crippen LogP contribution is -2.14. The maximum atomic E-state index is 12.2. The third-order valence-corrected chi connectivity index (χ3v) is 4.97. The summed E-state index contributed by atoms with van der Waals surface area (Å²) in [6, 6.07) is 12.2. The third-order valence-electron chi connectivity index (χ3n) is 4.35. The van der Waals surface area contributed by atoms with Gasteiger partial charge in [0.2, 0.25) is 5.91 Å². The first kappa shape index (κ1) is 20.5. The van der Waals surface area contributed by atoms with Crippen molar-refractivity contribution < 1.29 is 9.53 Å². The first-order chi connectivity index (χ1) is 12.2. The second-order valence-electron chi connectivity index (χ2n) is 7.66. The van der Waals surface area contributed by atoms with Crippen LogP contribution in [-0.4, -0.2) is 12.5 Å². The number of rotatable bonds is 6. The van der Waals surface area contributed by atoms with Crippen LogP contribution < -0.4 is 10.1 Å². The second-order valence-corrected chi connectivity index (χ2v) is 8.52. The molecule has 0 aliphatic rings. The molecule has 0 fully saturated rings. The molecular weight excluding hydrogens is 390 g/mol. The van der Waals surface area contributed by atoms with Gasteiger partial charge in [0.05, 0.1) is 11.1 Å². The topological polar surface area (TPSA) is 38.3 Å². The average molecular weight is 418 g/mol. The van der Waals surface area contributed by atoms with E-state index in [4.69, 9.17) is 4.74 Å². The Morgan fingerprint density at radius 1 is 1.12 bits per heavy atom. The summed E-state index contributed by atoms with van der Waals surface area (Å²) in [6.07, 6.45) is 1.11. The summed E-state index contributed by atoms with van der Waals surface area (Å²) in [5.74, 6) is 0.835. The Labute approximate surface area is 165 Å². The van der Waals surface area contributed by atoms with Crippen LogP contribution in [0.2, 0.25) is 0 Å². The highest BCUT2D eigenvalue weighted by Gasteiger charge is 2.15. The predicted molar refractivity (Wildman–Crippen MR) is 112 cm³/mol. The normalized spacial score (nSPS) is 11.3. The van der Waals surface area contributed by atoms with E-state index in [1.165, 1.54) is 5.56 Å². The number of ether oxygens (including phenoxy) is 1. The fraction of sp³-hybridized carbons (Fsp3) is 0.409. The molecule has 4 heteroatoms. The van der Waals surface area contributed by atoms with E-state index in [1.807, 2.05) is 38.1 Å². The summed E-state index contributed by atoms with van der Waals surface area (Å²) in [7, 11) is 0. The van der Waals surface area contributed by atoms with Crippen molar-refractivity contribution in [2.45, 2.75) is 52.9 Å². The van der Waals surface area contributed by atoms with Crippen molar-refractivity contribution in [2.24, 2.45) is 0 Å². The van der Waals surface area contributed by atoms with Crippen molar-refractivity contribution in [3.05, 3.63) is 57.6 Å². The van der Waals surface area contributed by atoms with Gasteiger partial charge in [0.25, 0.3) is 0 Å². The molecule has 26 heavy (non-hydrogen) atoms. The molecule has 1 N–H and O–H groups in total. The van der Waals surface area contributed by atoms with E-state index < -0.39 is 0 Å². The van der Waals surface area contributed by atoms with Gasteiger partial charge >= 0.3 is 0 Å². The van der Waals surface area contributed by atoms with Crippen LogP contribution in [0.4, 0.5) is 5.69 Å². The van der Waals surface area contributed by atoms with Gasteiger partial charge in [0.1, 0.15) is 5.75 Å². The van der Waals surface area contributed by atoms with Gasteiger partial charge in [-0.3, -0.25) is 4.79 Å². The van der Waals surface area contributed by atoms with Crippen LogP contribution in [0.25, 0.3) is 0 Å². The Morgan fingerprint density at radius 2 is 1.77 bits per heavy atom. The maximum Gasteiger partial charge on any atom is 0.224 e. The number of carbonyl (C=O) groups excluding carboxylic acids is 1. The van der Waals surface area contributed by atoms with Crippen molar-refractivity contribution in [1.29, 1.82) is 0 Å². The lowest BCUT2D eigenvalue weighted by molar-refractivity contribution is -0.116. The molecule has 140 valence electrons. The first-order valence-corrected chi connectivity index (χ1v) is 9.76. The van der Waals surface area contributed by atoms with Crippen LogP contribution in [0.3, 0.4) is 0 Å². The molecule has 0 aliphatic carbocycles. The number of nitrogens with one attached hydrogen (secondary N) is 1. The molecule has 2 aromatic rings. The Bertz CT molecular complexity index is 758. The summed E-state index contributed by atoms with van der Waals surface area (Å²) in [4.78, 5) is 12.2. The SMILES string of the molecule is Cc1cccc(C)c1NC(=O)CCCOc1ccc(C(C)(C)C)cc1Br. The predicted octanol–water partition coefficient (Wildman–Crippen LogP) is 6.16. The van der Waals surface area contributed by atoms with Gasteiger partial charge in [0.15, 0.2) is 0 Å². The number of carbonyl (C=O) groups is 1. The van der Waals surface area contributed by atoms with Crippen molar-refractivity contribution >= 4 is 27.5 Å². The van der Waals surface area contributed by atoms with Crippen molar-refractivity contribution in [2.75, 3.05) is 11.9 Å². The standard InChI is InChI=1S/C22H28BrNO2/c1-15-8-6-9-16(2)21(15)24-20(25)10-7-13-26-19-12-11-17(14-18(19)23)22(3,4)5/h6,8-9,11-12,14H,7,10,13H2,1-5H3,(H,24,25). The maximum absolute atomic E-state index is 12.2. The molecule has 0 atom stereocenters. The smallest absolute Gasteiger partial charge is 0.224 e. The van der Waals surface area contributed by atoms with Gasteiger partial charge in [-0.2, -0.15) is 0 Å². The molecule has 2 rings (SSSR count). The van der Waals surface area contributed by atoms with E-state index in [1.54, 1.807) is 0 Å². The Kier molecular flexibility index (Phi) is 6.87. The van der Waals surface area contributed by atoms with Crippen LogP contribution in [0.15, 0.2) is 40.9 Å². The second kappa shape index (κ2) is 8.72. The fourth-order valence-electron chi connectivity index (χ4n) is 2.71. The van der Waals surface area contributed by atoms with Crippen LogP contribution in [0, 0.1) is 13.8 Å². The van der Waals surface area contributed by atoms with Crippen LogP contribution >= 0.6 is 15.9 Å². The highest BCUT2D eigenvalue weighted by molar-refractivity contribution is 9.10. The molecule has 0 spiro atoms. The number of halogens is 1. The Morgan fingerprint density at radius 3 is 2.35 bits per heavy atom. The van der Waals surface area contributed by atoms with Gasteiger partial charge in [-0.25, -0.2) is 0 Å². The van der Waals surface area contributed by atoms with E-state index in [0.29, 0.717) is 19.4 Å². The fourth-order valence-corrected chi connectivity index (χ4v) is 3.21. The van der Waals surface area contributed by atoms with E-state index in [9.17, 15) is 4.79 Å². The number of hydrogen-bond donors (Lipinski definition) is 1. The lowest BCUT2D eigenvalue weighted by atomic mass is 9.87. The van der Waals surface area contributed by atoms with Crippen molar-refractivity contribution in [1.82, 2.24) is 0 Å². The van der Waals surface area contributed by atoms with Crippen LogP contribution in [-0.2, 0) is 10.2 Å². The first-order valence-electron chi connectivity index (χ1n) is 8.97. The summed E-state index contributed by atoms with van der Waals surface area (Å²) in [5.41, 5.74) is 4.44. The number of benzene rings is 2. The van der Waals surface area contributed by atoms with Gasteiger partial charge in [-0.1, -0.05) is 45.0 Å². The van der Waals surface area contributed by atoms with Crippen molar-refractivity contribution in [3.8, 4) is 5.75 Å². The minimum atomic E-state index is 0.0214.